The zero-order valence-corrected chi connectivity index (χ0v) is 14.1. The maximum Gasteiger partial charge on any atom is 0.221 e. The summed E-state index contributed by atoms with van der Waals surface area (Å²) >= 11 is 5.92. The molecular weight excluding hydrogens is 322 g/mol. The van der Waals surface area contributed by atoms with E-state index in [0.717, 1.165) is 17.6 Å². The predicted molar refractivity (Wildman–Crippen MR) is 99.6 cm³/mol. The highest BCUT2D eigenvalue weighted by atomic mass is 35.5. The molecule has 124 valence electrons. The summed E-state index contributed by atoms with van der Waals surface area (Å²) in [5, 5.41) is 8.06. The average Bonchev–Trinajstić information content (AvgIpc) is 2.98. The number of anilines is 1. The van der Waals surface area contributed by atoms with Gasteiger partial charge in [0.2, 0.25) is 5.91 Å². The van der Waals surface area contributed by atoms with Gasteiger partial charge in [-0.3, -0.25) is 4.79 Å². The normalized spacial score (nSPS) is 10.7. The Hall–Kier alpha value is -2.46. The highest BCUT2D eigenvalue weighted by Gasteiger charge is 2.04. The number of carbonyl (C=O) groups excluding carboxylic acids is 1. The van der Waals surface area contributed by atoms with Gasteiger partial charge in [-0.15, -0.1) is 0 Å². The Morgan fingerprint density at radius 3 is 2.83 bits per heavy atom. The van der Waals surface area contributed by atoms with Crippen LogP contribution in [0.15, 0.2) is 54.7 Å². The summed E-state index contributed by atoms with van der Waals surface area (Å²) in [6, 6.07) is 15.7. The van der Waals surface area contributed by atoms with E-state index in [1.54, 1.807) is 0 Å². The van der Waals surface area contributed by atoms with Crippen molar-refractivity contribution in [1.29, 1.82) is 0 Å². The van der Waals surface area contributed by atoms with Crippen molar-refractivity contribution in [3.8, 4) is 0 Å². The summed E-state index contributed by atoms with van der Waals surface area (Å²) < 4.78 is 0. The van der Waals surface area contributed by atoms with E-state index in [-0.39, 0.29) is 5.91 Å². The van der Waals surface area contributed by atoms with Gasteiger partial charge < -0.3 is 15.6 Å². The molecule has 0 bridgehead atoms. The molecule has 0 saturated heterocycles. The van der Waals surface area contributed by atoms with Crippen molar-refractivity contribution in [2.24, 2.45) is 0 Å². The lowest BCUT2D eigenvalue weighted by molar-refractivity contribution is -0.120. The minimum Gasteiger partial charge on any atom is -0.384 e. The first-order valence-electron chi connectivity index (χ1n) is 8.03. The number of benzene rings is 2. The zero-order valence-electron chi connectivity index (χ0n) is 13.3. The van der Waals surface area contributed by atoms with Crippen LogP contribution in [-0.2, 0) is 11.2 Å². The predicted octanol–water partition coefficient (Wildman–Crippen LogP) is 3.98. The summed E-state index contributed by atoms with van der Waals surface area (Å²) in [7, 11) is 0. The van der Waals surface area contributed by atoms with E-state index in [4.69, 9.17) is 11.6 Å². The molecule has 0 aliphatic heterocycles. The summed E-state index contributed by atoms with van der Waals surface area (Å²) in [6.45, 7) is 1.22. The molecule has 0 unspecified atom stereocenters. The van der Waals surface area contributed by atoms with Gasteiger partial charge in [-0.1, -0.05) is 35.9 Å². The van der Waals surface area contributed by atoms with Crippen LogP contribution in [0.3, 0.4) is 0 Å². The molecular formula is C19H20ClN3O. The summed E-state index contributed by atoms with van der Waals surface area (Å²) in [4.78, 5) is 15.2. The zero-order chi connectivity index (χ0) is 16.8. The third-order valence-electron chi connectivity index (χ3n) is 3.90. The van der Waals surface area contributed by atoms with Gasteiger partial charge in [0.25, 0.3) is 0 Å². The largest absolute Gasteiger partial charge is 0.384 e. The molecule has 0 fully saturated rings. The van der Waals surface area contributed by atoms with Gasteiger partial charge >= 0.3 is 0 Å². The lowest BCUT2D eigenvalue weighted by atomic mass is 10.1. The molecule has 1 heterocycles. The van der Waals surface area contributed by atoms with Gasteiger partial charge in [-0.2, -0.15) is 0 Å². The van der Waals surface area contributed by atoms with Crippen molar-refractivity contribution >= 4 is 34.1 Å². The Labute approximate surface area is 146 Å². The number of rotatable bonds is 7. The fraction of sp³-hybridized carbons (Fsp3) is 0.211. The molecule has 1 aromatic heterocycles. The van der Waals surface area contributed by atoms with E-state index in [0.29, 0.717) is 24.5 Å². The molecule has 3 N–H and O–H groups in total. The van der Waals surface area contributed by atoms with E-state index in [1.165, 1.54) is 10.9 Å². The highest BCUT2D eigenvalue weighted by molar-refractivity contribution is 6.30. The Kier molecular flexibility index (Phi) is 5.39. The molecule has 5 heteroatoms. The van der Waals surface area contributed by atoms with Crippen LogP contribution >= 0.6 is 11.6 Å². The van der Waals surface area contributed by atoms with Crippen molar-refractivity contribution in [2.75, 3.05) is 18.4 Å². The standard InChI is InChI=1S/C19H20ClN3O/c20-15-4-3-5-16(12-15)21-11-9-19(24)22-10-8-14-13-23-18-7-2-1-6-17(14)18/h1-7,12-13,21,23H,8-11H2,(H,22,24). The topological polar surface area (TPSA) is 56.9 Å². The number of aromatic nitrogens is 1. The van der Waals surface area contributed by atoms with Crippen molar-refractivity contribution in [2.45, 2.75) is 12.8 Å². The lowest BCUT2D eigenvalue weighted by Gasteiger charge is -2.07. The first-order chi connectivity index (χ1) is 11.7. The number of amides is 1. The van der Waals surface area contributed by atoms with Crippen LogP contribution in [0.4, 0.5) is 5.69 Å². The fourth-order valence-corrected chi connectivity index (χ4v) is 2.87. The van der Waals surface area contributed by atoms with Gasteiger partial charge in [0.1, 0.15) is 0 Å². The molecule has 0 atom stereocenters. The average molecular weight is 342 g/mol. The molecule has 2 aromatic carbocycles. The number of para-hydroxylation sites is 1. The second kappa shape index (κ2) is 7.88. The summed E-state index contributed by atoms with van der Waals surface area (Å²) in [6.07, 6.45) is 3.26. The smallest absolute Gasteiger partial charge is 0.221 e. The number of hydrogen-bond donors (Lipinski definition) is 3. The SMILES string of the molecule is O=C(CCNc1cccc(Cl)c1)NCCc1c[nH]c2ccccc12. The fourth-order valence-electron chi connectivity index (χ4n) is 2.68. The molecule has 0 aliphatic carbocycles. The van der Waals surface area contributed by atoms with Gasteiger partial charge in [0.05, 0.1) is 0 Å². The number of carbonyl (C=O) groups is 1. The van der Waals surface area contributed by atoms with Gasteiger partial charge in [0.15, 0.2) is 0 Å². The second-order valence-corrected chi connectivity index (χ2v) is 6.08. The number of fused-ring (bicyclic) bond motifs is 1. The van der Waals surface area contributed by atoms with E-state index >= 15 is 0 Å². The molecule has 1 amide bonds. The Morgan fingerprint density at radius 2 is 1.96 bits per heavy atom. The van der Waals surface area contributed by atoms with E-state index in [2.05, 4.69) is 27.8 Å². The summed E-state index contributed by atoms with van der Waals surface area (Å²) in [5.41, 5.74) is 3.28. The molecule has 0 saturated carbocycles. The molecule has 3 aromatic rings. The third-order valence-corrected chi connectivity index (χ3v) is 4.13. The number of halogens is 1. The van der Waals surface area contributed by atoms with Crippen LogP contribution < -0.4 is 10.6 Å². The highest BCUT2D eigenvalue weighted by Crippen LogP contribution is 2.17. The minimum atomic E-state index is 0.0457. The van der Waals surface area contributed by atoms with Gasteiger partial charge in [-0.25, -0.2) is 0 Å². The number of hydrogen-bond acceptors (Lipinski definition) is 2. The van der Waals surface area contributed by atoms with Crippen LogP contribution in [0, 0.1) is 0 Å². The van der Waals surface area contributed by atoms with Crippen molar-refractivity contribution in [1.82, 2.24) is 10.3 Å². The van der Waals surface area contributed by atoms with Crippen LogP contribution in [0.5, 0.6) is 0 Å². The van der Waals surface area contributed by atoms with Crippen molar-refractivity contribution in [3.63, 3.8) is 0 Å². The number of aromatic amines is 1. The minimum absolute atomic E-state index is 0.0457. The quantitative estimate of drug-likeness (QED) is 0.608. The number of nitrogens with one attached hydrogen (secondary N) is 3. The van der Waals surface area contributed by atoms with Crippen LogP contribution in [-0.4, -0.2) is 24.0 Å². The van der Waals surface area contributed by atoms with E-state index < -0.39 is 0 Å². The molecule has 0 radical (unpaired) electrons. The van der Waals surface area contributed by atoms with Gasteiger partial charge in [0, 0.05) is 47.3 Å². The first kappa shape index (κ1) is 16.4. The Bertz CT molecular complexity index is 828. The maximum atomic E-state index is 11.9. The Morgan fingerprint density at radius 1 is 1.08 bits per heavy atom. The van der Waals surface area contributed by atoms with Crippen LogP contribution in [0.1, 0.15) is 12.0 Å². The first-order valence-corrected chi connectivity index (χ1v) is 8.41. The summed E-state index contributed by atoms with van der Waals surface area (Å²) in [5.74, 6) is 0.0457. The lowest BCUT2D eigenvalue weighted by Crippen LogP contribution is -2.27. The second-order valence-electron chi connectivity index (χ2n) is 5.65. The monoisotopic (exact) mass is 341 g/mol. The molecule has 3 rings (SSSR count). The number of H-pyrrole nitrogens is 1. The van der Waals surface area contributed by atoms with Crippen LogP contribution in [0.2, 0.25) is 5.02 Å². The van der Waals surface area contributed by atoms with Crippen molar-refractivity contribution in [3.05, 3.63) is 65.3 Å². The Balaban J connectivity index is 1.40. The van der Waals surface area contributed by atoms with Gasteiger partial charge in [-0.05, 0) is 36.2 Å². The molecule has 0 aliphatic rings. The van der Waals surface area contributed by atoms with E-state index in [9.17, 15) is 4.79 Å². The van der Waals surface area contributed by atoms with Crippen molar-refractivity contribution < 1.29 is 4.79 Å². The third kappa shape index (κ3) is 4.30. The van der Waals surface area contributed by atoms with Crippen LogP contribution in [0.25, 0.3) is 10.9 Å². The van der Waals surface area contributed by atoms with E-state index in [1.807, 2.05) is 42.6 Å². The molecule has 24 heavy (non-hydrogen) atoms. The maximum absolute atomic E-state index is 11.9. The molecule has 4 nitrogen and oxygen atoms in total. The molecule has 0 spiro atoms.